The predicted molar refractivity (Wildman–Crippen MR) is 55.5 cm³/mol. The molecular weight excluding hydrogens is 405 g/mol. The highest BCUT2D eigenvalue weighted by Gasteiger charge is 2.52. The monoisotopic (exact) mass is 414 g/mol. The number of phosphoric acid groups is 3. The highest BCUT2D eigenvalue weighted by Crippen LogP contribution is 2.44. The van der Waals surface area contributed by atoms with Crippen LogP contribution in [0.15, 0.2) is 0 Å². The first kappa shape index (κ1) is 22.3. The Balaban J connectivity index is 3.32. The number of phosphoric ester groups is 3. The minimum absolute atomic E-state index is 2.46. The third-order valence-corrected chi connectivity index (χ3v) is 4.28. The largest absolute Gasteiger partial charge is 0.790 e. The summed E-state index contributed by atoms with van der Waals surface area (Å²) in [6.45, 7) is 0. The Labute approximate surface area is 133 Å². The van der Waals surface area contributed by atoms with Crippen LogP contribution in [0.1, 0.15) is 0 Å². The third-order valence-electron chi connectivity index (χ3n) is 2.77. The first-order chi connectivity index (χ1) is 10.5. The first-order valence-electron chi connectivity index (χ1n) is 5.67. The van der Waals surface area contributed by atoms with Crippen molar-refractivity contribution in [1.82, 2.24) is 0 Å². The van der Waals surface area contributed by atoms with Crippen molar-refractivity contribution in [2.24, 2.45) is 0 Å². The molecular formula is C6H9O15P3-6. The molecule has 0 amide bonds. The standard InChI is InChI=1S/C6H15O15P3/c7-1-2(8)4(19-22(10,11)12)6(21-24(16,17)18)5(3(1)9)20-23(13,14)15/h1-9H,(H2,10,11,12)(H2,13,14,15)(H2,16,17,18)/p-6/t1?,2-,3+,4-,5-,6?/m0/s1. The van der Waals surface area contributed by atoms with E-state index in [0.29, 0.717) is 0 Å². The molecule has 1 rings (SSSR count). The summed E-state index contributed by atoms with van der Waals surface area (Å²) in [6, 6.07) is 0. The molecule has 1 aliphatic rings. The predicted octanol–water partition coefficient (Wildman–Crippen LogP) is -7.28. The van der Waals surface area contributed by atoms with Crippen molar-refractivity contribution in [1.29, 1.82) is 0 Å². The number of aliphatic hydroxyl groups excluding tert-OH is 3. The second kappa shape index (κ2) is 7.45. The Hall–Kier alpha value is 0.210. The van der Waals surface area contributed by atoms with Gasteiger partial charge in [0.2, 0.25) is 0 Å². The van der Waals surface area contributed by atoms with Gasteiger partial charge in [0.05, 0.1) is 23.5 Å². The van der Waals surface area contributed by atoms with E-state index in [1.807, 2.05) is 0 Å². The molecule has 144 valence electrons. The molecule has 6 atom stereocenters. The van der Waals surface area contributed by atoms with Gasteiger partial charge in [0.25, 0.3) is 0 Å². The van der Waals surface area contributed by atoms with Gasteiger partial charge >= 0.3 is 0 Å². The molecule has 15 nitrogen and oxygen atoms in total. The average molecular weight is 414 g/mol. The molecule has 0 bridgehead atoms. The van der Waals surface area contributed by atoms with Crippen LogP contribution in [0.3, 0.4) is 0 Å². The Kier molecular flexibility index (Phi) is 6.90. The van der Waals surface area contributed by atoms with Crippen LogP contribution in [-0.4, -0.2) is 51.9 Å². The van der Waals surface area contributed by atoms with Crippen LogP contribution in [0.5, 0.6) is 0 Å². The lowest BCUT2D eigenvalue weighted by molar-refractivity contribution is -0.373. The number of aliphatic hydroxyl groups is 3. The van der Waals surface area contributed by atoms with Gasteiger partial charge in [-0.05, 0) is 0 Å². The van der Waals surface area contributed by atoms with Crippen molar-refractivity contribution in [3.8, 4) is 0 Å². The quantitative estimate of drug-likeness (QED) is 0.340. The lowest BCUT2D eigenvalue weighted by atomic mass is 9.85. The maximum absolute atomic E-state index is 10.7. The molecule has 0 aromatic carbocycles. The summed E-state index contributed by atoms with van der Waals surface area (Å²) in [7, 11) is -18.1. The summed E-state index contributed by atoms with van der Waals surface area (Å²) < 4.78 is 43.2. The third kappa shape index (κ3) is 6.50. The van der Waals surface area contributed by atoms with E-state index in [1.165, 1.54) is 0 Å². The van der Waals surface area contributed by atoms with E-state index < -0.39 is 60.1 Å². The van der Waals surface area contributed by atoms with Gasteiger partial charge in [0.1, 0.15) is 36.6 Å². The normalized spacial score (nSPS) is 35.9. The van der Waals surface area contributed by atoms with Crippen molar-refractivity contribution in [2.75, 3.05) is 0 Å². The zero-order chi connectivity index (χ0) is 19.1. The lowest BCUT2D eigenvalue weighted by Gasteiger charge is -2.51. The van der Waals surface area contributed by atoms with E-state index >= 15 is 0 Å². The Morgan fingerprint density at radius 2 is 0.792 bits per heavy atom. The molecule has 3 N–H and O–H groups in total. The Morgan fingerprint density at radius 1 is 0.542 bits per heavy atom. The van der Waals surface area contributed by atoms with Crippen LogP contribution in [0.25, 0.3) is 0 Å². The van der Waals surface area contributed by atoms with Crippen LogP contribution in [0, 0.1) is 0 Å². The molecule has 0 aromatic rings. The van der Waals surface area contributed by atoms with Gasteiger partial charge in [-0.3, -0.25) is 0 Å². The molecule has 0 aromatic heterocycles. The van der Waals surface area contributed by atoms with Gasteiger partial charge in [-0.2, -0.15) is 0 Å². The smallest absolute Gasteiger partial charge is 0.121 e. The zero-order valence-corrected chi connectivity index (χ0v) is 13.7. The summed E-state index contributed by atoms with van der Waals surface area (Å²) in [4.78, 5) is 63.9. The van der Waals surface area contributed by atoms with Gasteiger partial charge in [0, 0.05) is 0 Å². The summed E-state index contributed by atoms with van der Waals surface area (Å²) in [5.41, 5.74) is 0. The van der Waals surface area contributed by atoms with Gasteiger partial charge in [-0.25, -0.2) is 0 Å². The molecule has 0 aliphatic heterocycles. The van der Waals surface area contributed by atoms with Crippen LogP contribution in [0.2, 0.25) is 0 Å². The van der Waals surface area contributed by atoms with Gasteiger partial charge in [-0.1, -0.05) is 0 Å². The summed E-state index contributed by atoms with van der Waals surface area (Å²) in [6.07, 6.45) is -15.7. The van der Waals surface area contributed by atoms with E-state index in [1.54, 1.807) is 0 Å². The van der Waals surface area contributed by atoms with E-state index in [9.17, 15) is 58.4 Å². The maximum atomic E-state index is 10.7. The highest BCUT2D eigenvalue weighted by atomic mass is 31.2. The molecule has 0 saturated heterocycles. The maximum Gasteiger partial charge on any atom is 0.121 e. The SMILES string of the molecule is O=P([O-])([O-])OC1[C@@H](OP(=O)([O-])[O-])[C@H](O)C(O)[C@H](O)[C@@H]1OP(=O)([O-])[O-]. The molecule has 24 heavy (non-hydrogen) atoms. The van der Waals surface area contributed by atoms with E-state index in [4.69, 9.17) is 0 Å². The second-order valence-electron chi connectivity index (χ2n) is 4.52. The van der Waals surface area contributed by atoms with Crippen molar-refractivity contribution in [2.45, 2.75) is 36.6 Å². The van der Waals surface area contributed by atoms with E-state index in [-0.39, 0.29) is 0 Å². The summed E-state index contributed by atoms with van der Waals surface area (Å²) >= 11 is 0. The molecule has 1 fully saturated rings. The highest BCUT2D eigenvalue weighted by molar-refractivity contribution is 7.43. The van der Waals surface area contributed by atoms with Crippen LogP contribution in [0.4, 0.5) is 0 Å². The Bertz CT molecular complexity index is 536. The van der Waals surface area contributed by atoms with Crippen molar-refractivity contribution >= 4 is 23.5 Å². The lowest BCUT2D eigenvalue weighted by Crippen LogP contribution is -2.66. The molecule has 2 unspecified atom stereocenters. The van der Waals surface area contributed by atoms with E-state index in [0.717, 1.165) is 0 Å². The minimum atomic E-state index is -6.06. The molecule has 0 radical (unpaired) electrons. The van der Waals surface area contributed by atoms with E-state index in [2.05, 4.69) is 13.6 Å². The van der Waals surface area contributed by atoms with Crippen LogP contribution < -0.4 is 29.4 Å². The number of hydrogen-bond acceptors (Lipinski definition) is 15. The summed E-state index contributed by atoms with van der Waals surface area (Å²) in [5, 5.41) is 28.6. The summed E-state index contributed by atoms with van der Waals surface area (Å²) in [5.74, 6) is 0. The minimum Gasteiger partial charge on any atom is -0.790 e. The van der Waals surface area contributed by atoms with Gasteiger partial charge < -0.3 is 71.9 Å². The van der Waals surface area contributed by atoms with Crippen LogP contribution >= 0.6 is 23.5 Å². The molecule has 0 heterocycles. The Morgan fingerprint density at radius 3 is 1.04 bits per heavy atom. The fourth-order valence-corrected chi connectivity index (χ4v) is 3.60. The molecule has 1 saturated carbocycles. The van der Waals surface area contributed by atoms with Gasteiger partial charge in [-0.15, -0.1) is 0 Å². The van der Waals surface area contributed by atoms with Crippen molar-refractivity contribution in [3.63, 3.8) is 0 Å². The van der Waals surface area contributed by atoms with Crippen molar-refractivity contribution in [3.05, 3.63) is 0 Å². The first-order valence-corrected chi connectivity index (χ1v) is 10.1. The molecule has 18 heteroatoms. The number of rotatable bonds is 6. The topological polar surface area (TPSA) is 278 Å². The van der Waals surface area contributed by atoms with Crippen LogP contribution in [-0.2, 0) is 27.3 Å². The molecule has 1 aliphatic carbocycles. The van der Waals surface area contributed by atoms with Crippen molar-refractivity contribution < 1.29 is 71.9 Å². The van der Waals surface area contributed by atoms with Gasteiger partial charge in [0.15, 0.2) is 0 Å². The average Bonchev–Trinajstić information content (AvgIpc) is 2.32. The number of hydrogen-bond donors (Lipinski definition) is 3. The fourth-order valence-electron chi connectivity index (χ4n) is 1.98. The zero-order valence-electron chi connectivity index (χ0n) is 11.0. The fraction of sp³-hybridized carbons (Fsp3) is 1.00. The second-order valence-corrected chi connectivity index (χ2v) is 7.84. The molecule has 0 spiro atoms.